The summed E-state index contributed by atoms with van der Waals surface area (Å²) in [6.07, 6.45) is 6.87. The van der Waals surface area contributed by atoms with Crippen LogP contribution in [0.3, 0.4) is 0 Å². The molecule has 1 aromatic carbocycles. The van der Waals surface area contributed by atoms with E-state index in [2.05, 4.69) is 22.8 Å². The zero-order valence-corrected chi connectivity index (χ0v) is 20.3. The number of fused-ring (bicyclic) bond motifs is 1. The Labute approximate surface area is 202 Å². The molecule has 1 unspecified atom stereocenters. The van der Waals surface area contributed by atoms with Gasteiger partial charge in [0.2, 0.25) is 5.91 Å². The smallest absolute Gasteiger partial charge is 0.414 e. The Kier molecular flexibility index (Phi) is 7.09. The van der Waals surface area contributed by atoms with Crippen LogP contribution in [-0.4, -0.2) is 62.9 Å². The Hall–Kier alpha value is -2.16. The van der Waals surface area contributed by atoms with Crippen LogP contribution in [0.5, 0.6) is 0 Å². The summed E-state index contributed by atoms with van der Waals surface area (Å²) in [6.45, 7) is 5.88. The number of nitrogens with one attached hydrogen (secondary N) is 2. The fourth-order valence-electron chi connectivity index (χ4n) is 5.30. The van der Waals surface area contributed by atoms with Crippen LogP contribution in [0, 0.1) is 5.92 Å². The van der Waals surface area contributed by atoms with Crippen molar-refractivity contribution >= 4 is 23.4 Å². The lowest BCUT2D eigenvalue weighted by atomic mass is 9.95. The van der Waals surface area contributed by atoms with Gasteiger partial charge in [0.15, 0.2) is 0 Å². The molecule has 4 N–H and O–H groups in total. The van der Waals surface area contributed by atoms with Crippen LogP contribution in [0.15, 0.2) is 18.2 Å². The van der Waals surface area contributed by atoms with Crippen LogP contribution in [0.25, 0.3) is 0 Å². The molecule has 1 aromatic rings. The van der Waals surface area contributed by atoms with E-state index in [-0.39, 0.29) is 36.0 Å². The molecule has 0 spiro atoms. The molecule has 0 radical (unpaired) electrons. The van der Waals surface area contributed by atoms with Gasteiger partial charge in [-0.3, -0.25) is 9.69 Å². The lowest BCUT2D eigenvalue weighted by Gasteiger charge is -2.42. The van der Waals surface area contributed by atoms with Gasteiger partial charge in [0.1, 0.15) is 6.10 Å². The van der Waals surface area contributed by atoms with E-state index in [0.29, 0.717) is 19.1 Å². The topological polar surface area (TPSA) is 99.9 Å². The molecule has 8 nitrogen and oxygen atoms in total. The van der Waals surface area contributed by atoms with E-state index in [1.54, 1.807) is 4.90 Å². The standard InChI is InChI=1S/C26H39N5O3/c1-17-16-30(26(33)34-22-3-2-4-22)24-13-19(7-8-23(24)31(17)25(32)18-5-6-18)20(14-27)15-29-21-9-11-28-12-10-21/h7-8,13,17-18,20-22,28-29H,2-6,9-12,14-16,27H2,1H3/t17-,20?/m0/s1. The van der Waals surface area contributed by atoms with E-state index >= 15 is 0 Å². The molecule has 3 fully saturated rings. The van der Waals surface area contributed by atoms with Gasteiger partial charge in [-0.2, -0.15) is 0 Å². The number of hydrogen-bond donors (Lipinski definition) is 3. The van der Waals surface area contributed by atoms with Crippen molar-refractivity contribution in [1.29, 1.82) is 0 Å². The molecule has 34 heavy (non-hydrogen) atoms. The maximum absolute atomic E-state index is 13.2. The molecule has 4 aliphatic rings. The first-order chi connectivity index (χ1) is 16.5. The second-order valence-electron chi connectivity index (χ2n) is 10.5. The third-order valence-electron chi connectivity index (χ3n) is 7.89. The second-order valence-corrected chi connectivity index (χ2v) is 10.5. The Morgan fingerprint density at radius 1 is 1.15 bits per heavy atom. The maximum atomic E-state index is 13.2. The maximum Gasteiger partial charge on any atom is 0.414 e. The van der Waals surface area contributed by atoms with Gasteiger partial charge >= 0.3 is 6.09 Å². The van der Waals surface area contributed by atoms with E-state index in [4.69, 9.17) is 10.5 Å². The van der Waals surface area contributed by atoms with Gasteiger partial charge in [0.25, 0.3) is 0 Å². The van der Waals surface area contributed by atoms with Gasteiger partial charge in [-0.25, -0.2) is 4.79 Å². The normalized spacial score (nSPS) is 24.4. The van der Waals surface area contributed by atoms with Gasteiger partial charge in [-0.05, 0) is 82.7 Å². The van der Waals surface area contributed by atoms with E-state index < -0.39 is 0 Å². The van der Waals surface area contributed by atoms with Crippen LogP contribution in [0.4, 0.5) is 16.2 Å². The molecule has 8 heteroatoms. The van der Waals surface area contributed by atoms with Gasteiger partial charge < -0.3 is 26.0 Å². The van der Waals surface area contributed by atoms with Crippen molar-refractivity contribution in [2.24, 2.45) is 11.7 Å². The fraction of sp³-hybridized carbons (Fsp3) is 0.692. The third-order valence-corrected chi connectivity index (χ3v) is 7.89. The summed E-state index contributed by atoms with van der Waals surface area (Å²) in [5, 5.41) is 7.10. The van der Waals surface area contributed by atoms with Crippen LogP contribution in [-0.2, 0) is 9.53 Å². The summed E-state index contributed by atoms with van der Waals surface area (Å²) in [6, 6.07) is 6.58. The SMILES string of the molecule is C[C@H]1CN(C(=O)OC2CCC2)c2cc(C(CN)CNC3CCNCC3)ccc2N1C(=O)C1CC1. The lowest BCUT2D eigenvalue weighted by molar-refractivity contribution is -0.120. The lowest BCUT2D eigenvalue weighted by Crippen LogP contribution is -2.53. The molecule has 2 heterocycles. The van der Waals surface area contributed by atoms with Crippen LogP contribution < -0.4 is 26.2 Å². The second kappa shape index (κ2) is 10.2. The largest absolute Gasteiger partial charge is 0.446 e. The minimum absolute atomic E-state index is 0.0199. The summed E-state index contributed by atoms with van der Waals surface area (Å²) in [4.78, 5) is 30.0. The molecule has 0 aromatic heterocycles. The number of nitrogens with zero attached hydrogens (tertiary/aromatic N) is 2. The zero-order chi connectivity index (χ0) is 23.7. The van der Waals surface area contributed by atoms with Crippen LogP contribution >= 0.6 is 0 Å². The summed E-state index contributed by atoms with van der Waals surface area (Å²) >= 11 is 0. The first-order valence-electron chi connectivity index (χ1n) is 13.1. The number of ether oxygens (including phenoxy) is 1. The Morgan fingerprint density at radius 2 is 1.91 bits per heavy atom. The Morgan fingerprint density at radius 3 is 2.56 bits per heavy atom. The average molecular weight is 470 g/mol. The van der Waals surface area contributed by atoms with Crippen molar-refractivity contribution in [2.75, 3.05) is 42.5 Å². The van der Waals surface area contributed by atoms with Crippen molar-refractivity contribution in [1.82, 2.24) is 10.6 Å². The van der Waals surface area contributed by atoms with Gasteiger partial charge in [0.05, 0.1) is 17.4 Å². The fourth-order valence-corrected chi connectivity index (χ4v) is 5.30. The molecule has 2 saturated carbocycles. The quantitative estimate of drug-likeness (QED) is 0.568. The molecular weight excluding hydrogens is 430 g/mol. The summed E-state index contributed by atoms with van der Waals surface area (Å²) in [5.41, 5.74) is 8.89. The highest BCUT2D eigenvalue weighted by atomic mass is 16.6. The van der Waals surface area contributed by atoms with Crippen molar-refractivity contribution in [3.8, 4) is 0 Å². The molecule has 5 rings (SSSR count). The number of anilines is 2. The third kappa shape index (κ3) is 4.95. The first kappa shape index (κ1) is 23.6. The monoisotopic (exact) mass is 469 g/mol. The summed E-state index contributed by atoms with van der Waals surface area (Å²) in [5.74, 6) is 0.433. The molecular formula is C26H39N5O3. The van der Waals surface area contributed by atoms with E-state index in [9.17, 15) is 9.59 Å². The number of carbonyl (C=O) groups is 2. The number of amides is 2. The minimum atomic E-state index is -0.300. The van der Waals surface area contributed by atoms with Gasteiger partial charge in [-0.15, -0.1) is 0 Å². The molecule has 0 bridgehead atoms. The van der Waals surface area contributed by atoms with Gasteiger partial charge in [0, 0.05) is 37.5 Å². The molecule has 1 saturated heterocycles. The number of carbonyl (C=O) groups excluding carboxylic acids is 2. The number of piperidine rings is 1. The number of benzene rings is 1. The van der Waals surface area contributed by atoms with Crippen molar-refractivity contribution in [3.05, 3.63) is 23.8 Å². The van der Waals surface area contributed by atoms with E-state index in [0.717, 1.165) is 81.5 Å². The first-order valence-corrected chi connectivity index (χ1v) is 13.1. The van der Waals surface area contributed by atoms with Gasteiger partial charge in [-0.1, -0.05) is 6.07 Å². The molecule has 2 atom stereocenters. The predicted octanol–water partition coefficient (Wildman–Crippen LogP) is 2.71. The highest BCUT2D eigenvalue weighted by Gasteiger charge is 2.42. The van der Waals surface area contributed by atoms with E-state index in [1.807, 2.05) is 17.9 Å². The van der Waals surface area contributed by atoms with Crippen LogP contribution in [0.2, 0.25) is 0 Å². The molecule has 2 aliphatic heterocycles. The average Bonchev–Trinajstić information content (AvgIpc) is 3.67. The van der Waals surface area contributed by atoms with E-state index in [1.165, 1.54) is 0 Å². The number of rotatable bonds is 7. The Bertz CT molecular complexity index is 894. The van der Waals surface area contributed by atoms with Crippen molar-refractivity contribution < 1.29 is 14.3 Å². The predicted molar refractivity (Wildman–Crippen MR) is 133 cm³/mol. The zero-order valence-electron chi connectivity index (χ0n) is 20.3. The highest BCUT2D eigenvalue weighted by molar-refractivity contribution is 6.04. The minimum Gasteiger partial charge on any atom is -0.446 e. The molecule has 186 valence electrons. The summed E-state index contributed by atoms with van der Waals surface area (Å²) < 4.78 is 5.78. The van der Waals surface area contributed by atoms with Crippen LogP contribution in [0.1, 0.15) is 63.4 Å². The number of nitrogens with two attached hydrogens (primary N) is 1. The molecule has 2 amide bonds. The number of hydrogen-bond acceptors (Lipinski definition) is 6. The Balaban J connectivity index is 1.40. The highest BCUT2D eigenvalue weighted by Crippen LogP contribution is 2.42. The van der Waals surface area contributed by atoms with Crippen molar-refractivity contribution in [3.63, 3.8) is 0 Å². The molecule has 2 aliphatic carbocycles. The van der Waals surface area contributed by atoms with Crippen molar-refractivity contribution in [2.45, 2.75) is 76.0 Å². The summed E-state index contributed by atoms with van der Waals surface area (Å²) in [7, 11) is 0.